The number of guanidine groups is 1. The fraction of sp³-hybridized carbons (Fsp3) is 0.389. The average molecular weight is 407 g/mol. The standard InChI is InChI=1S/C18H23ClN6OS/c1-20-18(21-7-10-27-16-5-3-14(19)4-6-16)24-8-9-25(17(26)13-24)15-11-22-23(2)12-15/h3-6,11-12H,7-10,13H2,1-2H3,(H,20,21). The molecule has 9 heteroatoms. The van der Waals surface area contributed by atoms with Crippen molar-refractivity contribution in [1.82, 2.24) is 20.0 Å². The molecule has 0 spiro atoms. The third-order valence-corrected chi connectivity index (χ3v) is 5.47. The molecule has 2 heterocycles. The molecule has 1 fully saturated rings. The van der Waals surface area contributed by atoms with Crippen LogP contribution in [0.4, 0.5) is 5.69 Å². The van der Waals surface area contributed by atoms with Gasteiger partial charge in [-0.3, -0.25) is 14.5 Å². The van der Waals surface area contributed by atoms with E-state index in [1.807, 2.05) is 42.4 Å². The monoisotopic (exact) mass is 406 g/mol. The maximum Gasteiger partial charge on any atom is 0.246 e. The Balaban J connectivity index is 1.47. The minimum Gasteiger partial charge on any atom is -0.355 e. The van der Waals surface area contributed by atoms with Crippen molar-refractivity contribution in [2.45, 2.75) is 4.90 Å². The van der Waals surface area contributed by atoms with Crippen molar-refractivity contribution >= 4 is 40.9 Å². The van der Waals surface area contributed by atoms with E-state index >= 15 is 0 Å². The molecule has 3 rings (SSSR count). The summed E-state index contributed by atoms with van der Waals surface area (Å²) in [6, 6.07) is 7.81. The van der Waals surface area contributed by atoms with Gasteiger partial charge in [-0.25, -0.2) is 0 Å². The summed E-state index contributed by atoms with van der Waals surface area (Å²) in [4.78, 5) is 21.8. The third kappa shape index (κ3) is 5.17. The molecule has 1 saturated heterocycles. The highest BCUT2D eigenvalue weighted by Crippen LogP contribution is 2.20. The summed E-state index contributed by atoms with van der Waals surface area (Å²) in [5.41, 5.74) is 0.837. The minimum absolute atomic E-state index is 0.0488. The van der Waals surface area contributed by atoms with Crippen LogP contribution in [0.3, 0.4) is 0 Å². The third-order valence-electron chi connectivity index (χ3n) is 4.20. The molecule has 1 aliphatic rings. The molecule has 0 saturated carbocycles. The largest absolute Gasteiger partial charge is 0.355 e. The van der Waals surface area contributed by atoms with Crippen molar-refractivity contribution in [3.63, 3.8) is 0 Å². The number of thioether (sulfide) groups is 1. The average Bonchev–Trinajstić information content (AvgIpc) is 3.09. The predicted octanol–water partition coefficient (Wildman–Crippen LogP) is 2.09. The second-order valence-electron chi connectivity index (χ2n) is 6.12. The van der Waals surface area contributed by atoms with Crippen molar-refractivity contribution in [1.29, 1.82) is 0 Å². The number of piperazine rings is 1. The molecule has 0 bridgehead atoms. The van der Waals surface area contributed by atoms with Gasteiger partial charge in [0.05, 0.1) is 11.9 Å². The second-order valence-corrected chi connectivity index (χ2v) is 7.72. The molecule has 27 heavy (non-hydrogen) atoms. The van der Waals surface area contributed by atoms with Crippen LogP contribution in [-0.4, -0.2) is 65.5 Å². The van der Waals surface area contributed by atoms with E-state index in [9.17, 15) is 4.79 Å². The highest BCUT2D eigenvalue weighted by molar-refractivity contribution is 7.99. The molecule has 1 aliphatic heterocycles. The zero-order valence-electron chi connectivity index (χ0n) is 15.4. The fourth-order valence-electron chi connectivity index (χ4n) is 2.87. The SMILES string of the molecule is CN=C(NCCSc1ccc(Cl)cc1)N1CCN(c2cnn(C)c2)C(=O)C1. The van der Waals surface area contributed by atoms with Gasteiger partial charge in [-0.15, -0.1) is 11.8 Å². The smallest absolute Gasteiger partial charge is 0.246 e. The minimum atomic E-state index is 0.0488. The number of halogens is 1. The predicted molar refractivity (Wildman–Crippen MR) is 111 cm³/mol. The molecular formula is C18H23ClN6OS. The van der Waals surface area contributed by atoms with Gasteiger partial charge in [-0.1, -0.05) is 11.6 Å². The summed E-state index contributed by atoms with van der Waals surface area (Å²) >= 11 is 7.65. The maximum atomic E-state index is 12.5. The Hall–Kier alpha value is -2.19. The molecule has 0 radical (unpaired) electrons. The number of aryl methyl sites for hydroxylation is 1. The van der Waals surface area contributed by atoms with E-state index in [0.29, 0.717) is 13.1 Å². The number of anilines is 1. The zero-order chi connectivity index (χ0) is 19.2. The summed E-state index contributed by atoms with van der Waals surface area (Å²) in [5, 5.41) is 8.23. The molecule has 0 atom stereocenters. The Labute approximate surface area is 168 Å². The lowest BCUT2D eigenvalue weighted by Crippen LogP contribution is -2.55. The Kier molecular flexibility index (Phi) is 6.63. The molecule has 144 valence electrons. The number of carbonyl (C=O) groups excluding carboxylic acids is 1. The molecule has 7 nitrogen and oxygen atoms in total. The first kappa shape index (κ1) is 19.6. The molecule has 0 aliphatic carbocycles. The number of hydrogen-bond acceptors (Lipinski definition) is 4. The normalized spacial score (nSPS) is 15.4. The fourth-order valence-corrected chi connectivity index (χ4v) is 3.76. The first-order chi connectivity index (χ1) is 13.1. The van der Waals surface area contributed by atoms with Crippen LogP contribution in [0.15, 0.2) is 46.5 Å². The van der Waals surface area contributed by atoms with Gasteiger partial charge in [0.15, 0.2) is 5.96 Å². The van der Waals surface area contributed by atoms with Gasteiger partial charge in [0.2, 0.25) is 5.91 Å². The molecule has 2 aromatic rings. The van der Waals surface area contributed by atoms with Crippen LogP contribution in [0.25, 0.3) is 0 Å². The second kappa shape index (κ2) is 9.14. The van der Waals surface area contributed by atoms with Crippen LogP contribution in [0.2, 0.25) is 5.02 Å². The Morgan fingerprint density at radius 2 is 2.11 bits per heavy atom. The molecule has 1 aromatic carbocycles. The number of amides is 1. The summed E-state index contributed by atoms with van der Waals surface area (Å²) in [6.07, 6.45) is 3.57. The number of rotatable bonds is 5. The van der Waals surface area contributed by atoms with Crippen molar-refractivity contribution in [2.75, 3.05) is 43.9 Å². The van der Waals surface area contributed by atoms with Crippen LogP contribution < -0.4 is 10.2 Å². The van der Waals surface area contributed by atoms with Crippen LogP contribution in [0, 0.1) is 0 Å². The molecule has 0 unspecified atom stereocenters. The lowest BCUT2D eigenvalue weighted by atomic mass is 10.3. The molecular weight excluding hydrogens is 384 g/mol. The number of benzene rings is 1. The van der Waals surface area contributed by atoms with Gasteiger partial charge < -0.3 is 15.1 Å². The van der Waals surface area contributed by atoms with E-state index in [1.54, 1.807) is 34.6 Å². The summed E-state index contributed by atoms with van der Waals surface area (Å²) < 4.78 is 1.70. The van der Waals surface area contributed by atoms with Gasteiger partial charge in [0.1, 0.15) is 6.54 Å². The highest BCUT2D eigenvalue weighted by atomic mass is 35.5. The molecule has 1 amide bonds. The summed E-state index contributed by atoms with van der Waals surface area (Å²) in [6.45, 7) is 2.41. The lowest BCUT2D eigenvalue weighted by Gasteiger charge is -2.35. The molecule has 1 N–H and O–H groups in total. The Morgan fingerprint density at radius 1 is 1.33 bits per heavy atom. The van der Waals surface area contributed by atoms with Crippen LogP contribution >= 0.6 is 23.4 Å². The van der Waals surface area contributed by atoms with Crippen molar-refractivity contribution < 1.29 is 4.79 Å². The van der Waals surface area contributed by atoms with E-state index < -0.39 is 0 Å². The van der Waals surface area contributed by atoms with Gasteiger partial charge in [0.25, 0.3) is 0 Å². The van der Waals surface area contributed by atoms with E-state index in [4.69, 9.17) is 11.6 Å². The zero-order valence-corrected chi connectivity index (χ0v) is 17.0. The van der Waals surface area contributed by atoms with E-state index in [-0.39, 0.29) is 5.91 Å². The first-order valence-corrected chi connectivity index (χ1v) is 10.1. The summed E-state index contributed by atoms with van der Waals surface area (Å²) in [7, 11) is 3.59. The van der Waals surface area contributed by atoms with Crippen molar-refractivity contribution in [2.24, 2.45) is 12.0 Å². The van der Waals surface area contributed by atoms with Gasteiger partial charge in [-0.2, -0.15) is 5.10 Å². The topological polar surface area (TPSA) is 65.8 Å². The number of aromatic nitrogens is 2. The quantitative estimate of drug-likeness (QED) is 0.356. The Morgan fingerprint density at radius 3 is 2.74 bits per heavy atom. The van der Waals surface area contributed by atoms with E-state index in [2.05, 4.69) is 15.4 Å². The van der Waals surface area contributed by atoms with Crippen molar-refractivity contribution in [3.8, 4) is 0 Å². The number of carbonyl (C=O) groups is 1. The molecule has 1 aromatic heterocycles. The van der Waals surface area contributed by atoms with Crippen LogP contribution in [0.5, 0.6) is 0 Å². The van der Waals surface area contributed by atoms with Gasteiger partial charge in [-0.05, 0) is 24.3 Å². The number of nitrogens with zero attached hydrogens (tertiary/aromatic N) is 5. The van der Waals surface area contributed by atoms with Crippen LogP contribution in [0.1, 0.15) is 0 Å². The Bertz CT molecular complexity index is 806. The lowest BCUT2D eigenvalue weighted by molar-refractivity contribution is -0.120. The number of nitrogens with one attached hydrogen (secondary N) is 1. The number of hydrogen-bond donors (Lipinski definition) is 1. The summed E-state index contributed by atoms with van der Waals surface area (Å²) in [5.74, 6) is 1.70. The van der Waals surface area contributed by atoms with Gasteiger partial charge >= 0.3 is 0 Å². The number of aliphatic imine (C=N–C) groups is 1. The maximum absolute atomic E-state index is 12.5. The van der Waals surface area contributed by atoms with Crippen LogP contribution in [-0.2, 0) is 11.8 Å². The van der Waals surface area contributed by atoms with E-state index in [1.165, 1.54) is 4.90 Å². The first-order valence-electron chi connectivity index (χ1n) is 8.70. The van der Waals surface area contributed by atoms with Crippen molar-refractivity contribution in [3.05, 3.63) is 41.7 Å². The van der Waals surface area contributed by atoms with Gasteiger partial charge in [0, 0.05) is 55.6 Å². The van der Waals surface area contributed by atoms with E-state index in [0.717, 1.165) is 35.5 Å². The highest BCUT2D eigenvalue weighted by Gasteiger charge is 2.27.